The van der Waals surface area contributed by atoms with E-state index >= 15 is 0 Å². The predicted octanol–water partition coefficient (Wildman–Crippen LogP) is 21.7. The third-order valence-corrected chi connectivity index (χ3v) is 36.7. The zero-order valence-corrected chi connectivity index (χ0v) is 51.0. The van der Waals surface area contributed by atoms with Gasteiger partial charge in [-0.2, -0.15) is 0 Å². The third-order valence-electron chi connectivity index (χ3n) is 19.3. The maximum atomic E-state index is 2.97. The number of rotatable bonds is 10. The van der Waals surface area contributed by atoms with E-state index in [1.807, 2.05) is 0 Å². The van der Waals surface area contributed by atoms with E-state index in [1.165, 1.54) is 176 Å². The van der Waals surface area contributed by atoms with Gasteiger partial charge in [0.15, 0.2) is 0 Å². The van der Waals surface area contributed by atoms with E-state index < -0.39 is 17.4 Å². The summed E-state index contributed by atoms with van der Waals surface area (Å²) in [5.74, 6) is 1.43. The summed E-state index contributed by atoms with van der Waals surface area (Å²) >= 11 is -4.53. The van der Waals surface area contributed by atoms with Gasteiger partial charge >= 0.3 is 457 Å². The minimum atomic E-state index is -4.53. The van der Waals surface area contributed by atoms with Crippen molar-refractivity contribution >= 4 is 86.9 Å². The predicted molar refractivity (Wildman–Crippen MR) is 343 cm³/mol. The van der Waals surface area contributed by atoms with Gasteiger partial charge in [-0.15, -0.1) is 24.8 Å². The van der Waals surface area contributed by atoms with Gasteiger partial charge in [0.1, 0.15) is 0 Å². The first-order valence-corrected chi connectivity index (χ1v) is 42.7. The van der Waals surface area contributed by atoms with Crippen LogP contribution in [-0.4, -0.2) is 6.88 Å². The normalized spacial score (nSPS) is 17.8. The molecule has 4 aliphatic rings. The Morgan fingerprint density at radius 2 is 0.615 bits per heavy atom. The van der Waals surface area contributed by atoms with Crippen molar-refractivity contribution in [3.8, 4) is 44.5 Å². The van der Waals surface area contributed by atoms with Crippen LogP contribution in [0.15, 0.2) is 205 Å². The Hall–Kier alpha value is -5.60. The van der Waals surface area contributed by atoms with Crippen molar-refractivity contribution in [3.05, 3.63) is 228 Å². The molecule has 0 spiro atoms. The van der Waals surface area contributed by atoms with Crippen LogP contribution in [0.1, 0.15) is 107 Å². The van der Waals surface area contributed by atoms with Gasteiger partial charge in [0.2, 0.25) is 0 Å². The Bertz CT molecular complexity index is 3810. The molecule has 10 aromatic rings. The van der Waals surface area contributed by atoms with Crippen LogP contribution in [0.2, 0.25) is 9.26 Å². The first kappa shape index (κ1) is 53.1. The second-order valence-electron chi connectivity index (χ2n) is 24.7. The Morgan fingerprint density at radius 3 is 0.949 bits per heavy atom. The van der Waals surface area contributed by atoms with Gasteiger partial charge in [0.05, 0.1) is 0 Å². The molecule has 4 aliphatic carbocycles. The topological polar surface area (TPSA) is 0 Å². The van der Waals surface area contributed by atoms with Crippen LogP contribution >= 0.6 is 24.8 Å². The van der Waals surface area contributed by atoms with Gasteiger partial charge in [0, 0.05) is 0 Å². The second-order valence-corrected chi connectivity index (χ2v) is 55.2. The van der Waals surface area contributed by atoms with Gasteiger partial charge in [-0.05, 0) is 0 Å². The molecule has 0 nitrogen and oxygen atoms in total. The van der Waals surface area contributed by atoms with Crippen molar-refractivity contribution < 1.29 is 17.4 Å². The van der Waals surface area contributed by atoms with Crippen LogP contribution in [0, 0.1) is 11.8 Å². The van der Waals surface area contributed by atoms with Gasteiger partial charge in [-0.25, -0.2) is 0 Å². The molecule has 0 heterocycles. The first-order chi connectivity index (χ1) is 37.3. The van der Waals surface area contributed by atoms with Gasteiger partial charge in [0.25, 0.3) is 0 Å². The van der Waals surface area contributed by atoms with Crippen LogP contribution < -0.4 is 0 Å². The van der Waals surface area contributed by atoms with Crippen molar-refractivity contribution in [2.24, 2.45) is 11.8 Å². The SMILES string of the molecule is Cl.Cl.[CH3][Zr]([CH3])(=[SiH2])([CH]1C(CC2CCCCC2)=Cc2c(-c3cccc4ccccc34)ccc(-c3cccc4ccccc34)c21)[CH]1C(CC2CCCCC2)=Cc2c(-c3cccc4ccccc34)ccc(-c3cccc4ccccc34)c21. The van der Waals surface area contributed by atoms with E-state index in [1.54, 1.807) is 22.3 Å². The Labute approximate surface area is 477 Å². The molecule has 0 bridgehead atoms. The fourth-order valence-corrected chi connectivity index (χ4v) is 35.5. The molecule has 2 fully saturated rings. The van der Waals surface area contributed by atoms with E-state index in [-0.39, 0.29) is 24.8 Å². The maximum absolute atomic E-state index is 4.53. The zero-order valence-electron chi connectivity index (χ0n) is 45.4. The molecule has 0 aromatic heterocycles. The van der Waals surface area contributed by atoms with E-state index in [0.29, 0.717) is 19.1 Å². The fourth-order valence-electron chi connectivity index (χ4n) is 16.0. The summed E-state index contributed by atoms with van der Waals surface area (Å²) in [6, 6.07) is 75.0. The molecular formula is C74H72Cl2SiZr. The quantitative estimate of drug-likeness (QED) is 0.120. The first-order valence-electron chi connectivity index (χ1n) is 29.0. The molecule has 10 aromatic carbocycles. The second kappa shape index (κ2) is 21.5. The summed E-state index contributed by atoms with van der Waals surface area (Å²) in [5.41, 5.74) is 20.9. The number of allylic oxidation sites excluding steroid dienone is 2. The van der Waals surface area contributed by atoms with Crippen LogP contribution in [0.4, 0.5) is 0 Å². The molecule has 390 valence electrons. The minimum absolute atomic E-state index is 0. The molecular weight excluding hydrogens is 1080 g/mol. The summed E-state index contributed by atoms with van der Waals surface area (Å²) in [4.78, 5) is 0. The Morgan fingerprint density at radius 1 is 0.333 bits per heavy atom. The molecule has 14 rings (SSSR count). The van der Waals surface area contributed by atoms with Crippen molar-refractivity contribution in [2.45, 2.75) is 93.6 Å². The Balaban J connectivity index is 0.00000305. The van der Waals surface area contributed by atoms with Crippen LogP contribution in [-0.2, 0) is 17.4 Å². The molecule has 4 heteroatoms. The fraction of sp³-hybridized carbons (Fsp3) is 0.243. The number of fused-ring (bicyclic) bond motifs is 6. The third kappa shape index (κ3) is 9.16. The monoisotopic (exact) mass is 1150 g/mol. The number of hydrogen-bond donors (Lipinski definition) is 0. The summed E-state index contributed by atoms with van der Waals surface area (Å²) in [6.07, 6.45) is 21.6. The average Bonchev–Trinajstić information content (AvgIpc) is 4.26. The van der Waals surface area contributed by atoms with Gasteiger partial charge in [-0.3, -0.25) is 0 Å². The molecule has 0 aliphatic heterocycles. The van der Waals surface area contributed by atoms with Crippen LogP contribution in [0.5, 0.6) is 0 Å². The molecule has 0 saturated heterocycles. The number of hydrogen-bond acceptors (Lipinski definition) is 0. The Kier molecular flexibility index (Phi) is 14.6. The van der Waals surface area contributed by atoms with Crippen LogP contribution in [0.25, 0.3) is 99.7 Å². The van der Waals surface area contributed by atoms with E-state index in [9.17, 15) is 0 Å². The molecule has 0 N–H and O–H groups in total. The molecule has 2 atom stereocenters. The van der Waals surface area contributed by atoms with E-state index in [4.69, 9.17) is 0 Å². The summed E-state index contributed by atoms with van der Waals surface area (Å²) in [5, 5.41) is 10.6. The number of halogens is 2. The van der Waals surface area contributed by atoms with Crippen LogP contribution in [0.3, 0.4) is 0 Å². The summed E-state index contributed by atoms with van der Waals surface area (Å²) < 4.78 is 6.62. The van der Waals surface area contributed by atoms with Gasteiger partial charge < -0.3 is 0 Å². The van der Waals surface area contributed by atoms with Crippen molar-refractivity contribution in [1.29, 1.82) is 0 Å². The molecule has 78 heavy (non-hydrogen) atoms. The molecule has 2 unspecified atom stereocenters. The molecule has 0 amide bonds. The van der Waals surface area contributed by atoms with E-state index in [0.717, 1.165) is 0 Å². The van der Waals surface area contributed by atoms with E-state index in [2.05, 4.69) is 222 Å². The number of benzene rings is 10. The standard InChI is InChI=1S/2C36H31.2CH3.2ClH.H2Si.Zr/c2*1-2-10-25(11-3-1)22-26-23-35-33(31-18-8-14-27-12-4-6-16-29(27)31)20-21-34(36(35)24-26)32-19-9-15-28-13-5-7-17-30(28)32;;;;;;/h2*4-9,12-21,23-25H,1-3,10-11,22H2;2*1H3;2*1H;1H2;. The van der Waals surface area contributed by atoms with Crippen molar-refractivity contribution in [1.82, 2.24) is 0 Å². The molecule has 2 saturated carbocycles. The summed E-state index contributed by atoms with van der Waals surface area (Å²) in [7, 11) is 0. The molecule has 0 radical (unpaired) electrons. The van der Waals surface area contributed by atoms with Crippen molar-refractivity contribution in [2.75, 3.05) is 0 Å². The van der Waals surface area contributed by atoms with Crippen molar-refractivity contribution in [3.63, 3.8) is 0 Å². The average molecular weight is 1150 g/mol. The van der Waals surface area contributed by atoms with Gasteiger partial charge in [-0.1, -0.05) is 0 Å². The zero-order chi connectivity index (χ0) is 51.0. The summed E-state index contributed by atoms with van der Waals surface area (Å²) in [6.45, 7) is 2.60.